The van der Waals surface area contributed by atoms with E-state index < -0.39 is 80.6 Å². The smallest absolute Gasteiger partial charge is 0.416 e. The summed E-state index contributed by atoms with van der Waals surface area (Å²) >= 11 is 0. The van der Waals surface area contributed by atoms with Gasteiger partial charge in [0.15, 0.2) is 5.60 Å². The van der Waals surface area contributed by atoms with Gasteiger partial charge in [0.2, 0.25) is 0 Å². The number of hydrogen-bond donors (Lipinski definition) is 0. The Balaban J connectivity index is 0.00000820. The topological polar surface area (TPSA) is 27.7 Å². The number of rotatable bonds is 8. The molecule has 2 aliphatic rings. The summed E-state index contributed by atoms with van der Waals surface area (Å²) in [5.41, 5.74) is -7.53. The zero-order valence-electron chi connectivity index (χ0n) is 42.6. The van der Waals surface area contributed by atoms with Crippen LogP contribution >= 0.6 is 0 Å². The molecule has 0 radical (unpaired) electrons. The molecule has 0 unspecified atom stereocenters. The van der Waals surface area contributed by atoms with E-state index in [1.165, 1.54) is 21.3 Å². The third kappa shape index (κ3) is 10.4. The van der Waals surface area contributed by atoms with Gasteiger partial charge in [-0.25, -0.2) is 0 Å². The van der Waals surface area contributed by atoms with Crippen LogP contribution in [0.1, 0.15) is 110 Å². The summed E-state index contributed by atoms with van der Waals surface area (Å²) in [5, 5.41) is 0. The van der Waals surface area contributed by atoms with E-state index in [2.05, 4.69) is 0 Å². The normalized spacial score (nSPS) is 16.3. The Labute approximate surface area is 439 Å². The molecule has 1 spiro atoms. The fourth-order valence-electron chi connectivity index (χ4n) is 11.5. The number of nitrogens with zero attached hydrogens (tertiary/aromatic N) is 1. The van der Waals surface area contributed by atoms with E-state index in [1.807, 2.05) is 60.7 Å². The minimum atomic E-state index is -5.25. The van der Waals surface area contributed by atoms with Crippen LogP contribution in [-0.4, -0.2) is 38.4 Å². The third-order valence-corrected chi connectivity index (χ3v) is 14.7. The maximum absolute atomic E-state index is 15.0. The van der Waals surface area contributed by atoms with Crippen LogP contribution in [0.5, 0.6) is 11.5 Å². The molecule has 75 heavy (non-hydrogen) atoms. The van der Waals surface area contributed by atoms with Gasteiger partial charge in [0.25, 0.3) is 0 Å². The first-order valence-electron chi connectivity index (χ1n) is 23.9. The first kappa shape index (κ1) is 57.2. The molecule has 1 saturated heterocycles. The number of hydrogen-bond acceptors (Lipinski definition) is 3. The average Bonchev–Trinajstić information content (AvgIpc) is 3.66. The maximum Gasteiger partial charge on any atom is 0.416 e. The summed E-state index contributed by atoms with van der Waals surface area (Å²) in [5.74, 6) is -0.0229. The first-order chi connectivity index (χ1) is 34.3. The Morgan fingerprint density at radius 2 is 0.787 bits per heavy atom. The number of halogens is 13. The van der Waals surface area contributed by atoms with Gasteiger partial charge >= 0.3 is 24.7 Å². The Bertz CT molecular complexity index is 2820. The van der Waals surface area contributed by atoms with Crippen molar-refractivity contribution < 1.29 is 88.4 Å². The molecule has 0 N–H and O–H groups in total. The zero-order valence-corrected chi connectivity index (χ0v) is 44.2. The van der Waals surface area contributed by atoms with Crippen molar-refractivity contribution >= 4 is 0 Å². The summed E-state index contributed by atoms with van der Waals surface area (Å²) in [7, 11) is 4.09. The number of fused-ring (bicyclic) bond motifs is 3. The predicted octanol–water partition coefficient (Wildman–Crippen LogP) is 14.0. The number of benzene rings is 6. The second-order valence-corrected chi connectivity index (χ2v) is 21.4. The van der Waals surface area contributed by atoms with E-state index in [0.717, 1.165) is 0 Å². The van der Waals surface area contributed by atoms with E-state index in [4.69, 9.17) is 14.2 Å². The quantitative estimate of drug-likeness (QED) is 0.112. The molecule has 4 nitrogen and oxygen atoms in total. The fourth-order valence-corrected chi connectivity index (χ4v) is 11.5. The van der Waals surface area contributed by atoms with Crippen molar-refractivity contribution in [3.63, 3.8) is 0 Å². The van der Waals surface area contributed by atoms with E-state index >= 15 is 0 Å². The van der Waals surface area contributed by atoms with Crippen molar-refractivity contribution in [3.05, 3.63) is 165 Å². The molecular weight excluding hydrogens is 1070 g/mol. The van der Waals surface area contributed by atoms with Crippen LogP contribution in [0.25, 0.3) is 33.4 Å². The van der Waals surface area contributed by atoms with Crippen molar-refractivity contribution in [1.82, 2.24) is 0 Å². The molecule has 0 aliphatic carbocycles. The van der Waals surface area contributed by atoms with Crippen LogP contribution in [0, 0.1) is 0 Å². The molecule has 0 aromatic heterocycles. The second-order valence-electron chi connectivity index (χ2n) is 21.4. The van der Waals surface area contributed by atoms with Gasteiger partial charge in [0, 0.05) is 53.3 Å². The summed E-state index contributed by atoms with van der Waals surface area (Å²) < 4.78 is 199. The van der Waals surface area contributed by atoms with Gasteiger partial charge in [-0.1, -0.05) is 102 Å². The van der Waals surface area contributed by atoms with Gasteiger partial charge in [-0.2, -0.15) is 52.7 Å². The van der Waals surface area contributed by atoms with Crippen LogP contribution in [0.4, 0.5) is 52.7 Å². The molecule has 402 valence electrons. The van der Waals surface area contributed by atoms with Crippen molar-refractivity contribution in [3.8, 4) is 44.9 Å². The highest BCUT2D eigenvalue weighted by atomic mass is 79.9. The Kier molecular flexibility index (Phi) is 15.1. The Morgan fingerprint density at radius 3 is 1.07 bits per heavy atom. The van der Waals surface area contributed by atoms with Gasteiger partial charge < -0.3 is 35.7 Å². The van der Waals surface area contributed by atoms with Crippen molar-refractivity contribution in [2.45, 2.75) is 115 Å². The lowest BCUT2D eigenvalue weighted by Crippen LogP contribution is -3.00. The minimum absolute atomic E-state index is 0. The molecule has 6 aromatic rings. The molecule has 2 aliphatic heterocycles. The Hall–Kier alpha value is -5.52. The van der Waals surface area contributed by atoms with Gasteiger partial charge in [-0.05, 0) is 92.7 Å². The second kappa shape index (κ2) is 19.8. The first-order valence-corrected chi connectivity index (χ1v) is 23.9. The van der Waals surface area contributed by atoms with Gasteiger partial charge in [0.1, 0.15) is 30.6 Å². The number of alkyl halides is 12. The van der Waals surface area contributed by atoms with E-state index in [0.29, 0.717) is 59.4 Å². The highest BCUT2D eigenvalue weighted by molar-refractivity contribution is 5.91. The minimum Gasteiger partial charge on any atom is -1.00 e. The lowest BCUT2D eigenvalue weighted by atomic mass is 9.76. The van der Waals surface area contributed by atoms with Crippen molar-refractivity contribution in [1.29, 1.82) is 0 Å². The lowest BCUT2D eigenvalue weighted by Gasteiger charge is -2.49. The van der Waals surface area contributed by atoms with Gasteiger partial charge in [-0.15, -0.1) is 0 Å². The molecule has 6 aromatic carbocycles. The molecule has 1 atom stereocenters. The molecular formula is C58H56BrF12NO3. The van der Waals surface area contributed by atoms with Crippen molar-refractivity contribution in [2.24, 2.45) is 0 Å². The monoisotopic (exact) mass is 1120 g/mol. The molecule has 0 amide bonds. The summed E-state index contributed by atoms with van der Waals surface area (Å²) in [6, 6.07) is 24.0. The zero-order chi connectivity index (χ0) is 54.4. The van der Waals surface area contributed by atoms with Gasteiger partial charge in [-0.3, -0.25) is 0 Å². The molecule has 0 bridgehead atoms. The third-order valence-electron chi connectivity index (χ3n) is 14.7. The summed E-state index contributed by atoms with van der Waals surface area (Å²) in [4.78, 5) is 0. The highest BCUT2D eigenvalue weighted by Crippen LogP contribution is 2.58. The molecule has 17 heteroatoms. The average molecular weight is 1120 g/mol. The number of quaternary nitrogens is 1. The Morgan fingerprint density at radius 1 is 0.453 bits per heavy atom. The van der Waals surface area contributed by atoms with E-state index in [9.17, 15) is 52.7 Å². The number of ether oxygens (including phenoxy) is 3. The largest absolute Gasteiger partial charge is 1.00 e. The standard InChI is InChI=1S/C58H56F12NO3.BrH/c1-52(2,3)45-29-41-42-30-46(53(4,5)6)51(73-8)49(34-25-39(57(65,66)67)28-40(26-34)58(68,69)70)44(42)32-71(22-16-21-47(71)54(74-9,35-17-12-10-13-18-35)36-19-14-11-15-20-36)31-43(41)48(50(45)72-7)33-23-37(55(59,60)61)27-38(24-33)56(62,63)64;/h10-15,17-20,23-30,47H,16,21-22,31-32H2,1-9H3;1H/q+1;/p-1/t47-;/m0./s1. The van der Waals surface area contributed by atoms with E-state index in [1.54, 1.807) is 53.7 Å². The van der Waals surface area contributed by atoms with Crippen LogP contribution in [-0.2, 0) is 59.0 Å². The predicted molar refractivity (Wildman–Crippen MR) is 259 cm³/mol. The van der Waals surface area contributed by atoms with Gasteiger partial charge in [0.05, 0.1) is 43.0 Å². The van der Waals surface area contributed by atoms with E-state index in [-0.39, 0.29) is 98.1 Å². The maximum atomic E-state index is 15.0. The van der Waals surface area contributed by atoms with Crippen LogP contribution < -0.4 is 26.5 Å². The molecule has 2 heterocycles. The van der Waals surface area contributed by atoms with Crippen LogP contribution in [0.2, 0.25) is 0 Å². The van der Waals surface area contributed by atoms with Crippen LogP contribution in [0.15, 0.2) is 109 Å². The summed E-state index contributed by atoms with van der Waals surface area (Å²) in [6.45, 7) is 10.7. The highest BCUT2D eigenvalue weighted by Gasteiger charge is 2.58. The van der Waals surface area contributed by atoms with Crippen molar-refractivity contribution in [2.75, 3.05) is 27.9 Å². The van der Waals surface area contributed by atoms with Crippen LogP contribution in [0.3, 0.4) is 0 Å². The summed E-state index contributed by atoms with van der Waals surface area (Å²) in [6.07, 6.45) is -20.1. The fraction of sp³-hybridized carbons (Fsp3) is 0.379. The molecule has 1 fully saturated rings. The molecule has 0 saturated carbocycles. The number of methoxy groups -OCH3 is 3. The molecule has 8 rings (SSSR count). The SMILES string of the molecule is COc1c(C(C)(C)C)cc2c(c1-c1cc(C(F)(F)F)cc(C(F)(F)F)c1)C[N+]1(CCC[C@H]1C(OC)(c1ccccc1)c1ccccc1)Cc1c-2cc(C(C)(C)C)c(OC)c1-c1cc(C(F)(F)F)cc(C(F)(F)F)c1.[Br-]. The lowest BCUT2D eigenvalue weighted by molar-refractivity contribution is -0.970.